The second-order valence-corrected chi connectivity index (χ2v) is 3.26. The molecule has 1 aromatic rings. The lowest BCUT2D eigenvalue weighted by molar-refractivity contribution is -0.0686. The van der Waals surface area contributed by atoms with Gasteiger partial charge in [-0.25, -0.2) is 0 Å². The SMILES string of the molecule is C=C(c1ccc(Cl)cc1C=O)C(F)(F)F. The minimum atomic E-state index is -4.55. The monoisotopic (exact) mass is 234 g/mol. The minimum absolute atomic E-state index is 0.121. The lowest BCUT2D eigenvalue weighted by atomic mass is 10.0. The standard InChI is InChI=1S/C10H6ClF3O/c1-6(10(12,13)14)9-3-2-8(11)4-7(9)5-15/h2-5H,1H2. The molecule has 0 N–H and O–H groups in total. The second-order valence-electron chi connectivity index (χ2n) is 2.83. The molecule has 1 nitrogen and oxygen atoms in total. The zero-order valence-corrected chi connectivity index (χ0v) is 8.19. The van der Waals surface area contributed by atoms with E-state index in [1.807, 2.05) is 0 Å². The van der Waals surface area contributed by atoms with Crippen molar-refractivity contribution in [3.63, 3.8) is 0 Å². The van der Waals surface area contributed by atoms with Crippen molar-refractivity contribution in [1.29, 1.82) is 0 Å². The Bertz CT molecular complexity index is 410. The molecule has 0 saturated carbocycles. The van der Waals surface area contributed by atoms with Gasteiger partial charge in [-0.05, 0) is 17.7 Å². The Morgan fingerprint density at radius 3 is 2.47 bits per heavy atom. The molecule has 15 heavy (non-hydrogen) atoms. The minimum Gasteiger partial charge on any atom is -0.298 e. The van der Waals surface area contributed by atoms with Crippen molar-refractivity contribution >= 4 is 23.5 Å². The molecule has 0 aromatic heterocycles. The van der Waals surface area contributed by atoms with Crippen molar-refractivity contribution in [2.45, 2.75) is 6.18 Å². The average Bonchev–Trinajstić information content (AvgIpc) is 2.15. The fourth-order valence-electron chi connectivity index (χ4n) is 1.06. The van der Waals surface area contributed by atoms with Gasteiger partial charge in [-0.3, -0.25) is 4.79 Å². The molecule has 1 rings (SSSR count). The molecule has 0 heterocycles. The van der Waals surface area contributed by atoms with E-state index in [2.05, 4.69) is 6.58 Å². The van der Waals surface area contributed by atoms with Crippen LogP contribution in [0.15, 0.2) is 24.8 Å². The molecule has 0 unspecified atom stereocenters. The van der Waals surface area contributed by atoms with E-state index < -0.39 is 11.7 Å². The zero-order chi connectivity index (χ0) is 11.6. The predicted molar refractivity (Wildman–Crippen MR) is 51.9 cm³/mol. The number of benzene rings is 1. The van der Waals surface area contributed by atoms with Gasteiger partial charge in [0.2, 0.25) is 0 Å². The maximum Gasteiger partial charge on any atom is 0.416 e. The molecule has 1 aromatic carbocycles. The van der Waals surface area contributed by atoms with Gasteiger partial charge in [0.05, 0.1) is 5.57 Å². The van der Waals surface area contributed by atoms with Crippen LogP contribution < -0.4 is 0 Å². The first-order valence-electron chi connectivity index (χ1n) is 3.87. The van der Waals surface area contributed by atoms with Crippen LogP contribution in [-0.4, -0.2) is 12.5 Å². The van der Waals surface area contributed by atoms with Crippen LogP contribution in [0, 0.1) is 0 Å². The van der Waals surface area contributed by atoms with Gasteiger partial charge in [-0.2, -0.15) is 13.2 Å². The molecule has 0 aliphatic rings. The molecule has 5 heteroatoms. The van der Waals surface area contributed by atoms with E-state index in [1.54, 1.807) is 0 Å². The largest absolute Gasteiger partial charge is 0.416 e. The summed E-state index contributed by atoms with van der Waals surface area (Å²) >= 11 is 5.54. The van der Waals surface area contributed by atoms with Gasteiger partial charge >= 0.3 is 6.18 Å². The highest BCUT2D eigenvalue weighted by atomic mass is 35.5. The number of rotatable bonds is 2. The number of carbonyl (C=O) groups excluding carboxylic acids is 1. The quantitative estimate of drug-likeness (QED) is 0.713. The van der Waals surface area contributed by atoms with Crippen molar-refractivity contribution in [1.82, 2.24) is 0 Å². The molecule has 0 atom stereocenters. The van der Waals surface area contributed by atoms with E-state index in [4.69, 9.17) is 11.6 Å². The van der Waals surface area contributed by atoms with E-state index in [1.165, 1.54) is 12.1 Å². The second kappa shape index (κ2) is 4.06. The van der Waals surface area contributed by atoms with E-state index in [-0.39, 0.29) is 16.1 Å². The van der Waals surface area contributed by atoms with Crippen molar-refractivity contribution in [2.75, 3.05) is 0 Å². The smallest absolute Gasteiger partial charge is 0.298 e. The molecule has 0 spiro atoms. The zero-order valence-electron chi connectivity index (χ0n) is 7.44. The Labute approximate surface area is 89.2 Å². The molecule has 0 saturated heterocycles. The van der Waals surface area contributed by atoms with Crippen LogP contribution in [0.4, 0.5) is 13.2 Å². The van der Waals surface area contributed by atoms with Crippen LogP contribution in [0.1, 0.15) is 15.9 Å². The third-order valence-electron chi connectivity index (χ3n) is 1.81. The summed E-state index contributed by atoms with van der Waals surface area (Å²) in [5, 5.41) is 0.204. The van der Waals surface area contributed by atoms with Crippen molar-refractivity contribution in [2.24, 2.45) is 0 Å². The Balaban J connectivity index is 3.26. The molecule has 0 bridgehead atoms. The van der Waals surface area contributed by atoms with Crippen LogP contribution in [-0.2, 0) is 0 Å². The summed E-state index contributed by atoms with van der Waals surface area (Å²) in [7, 11) is 0. The third kappa shape index (κ3) is 2.59. The molecule has 0 aliphatic carbocycles. The molecular weight excluding hydrogens is 229 g/mol. The van der Waals surface area contributed by atoms with E-state index in [0.717, 1.165) is 6.07 Å². The number of hydrogen-bond acceptors (Lipinski definition) is 1. The first-order valence-corrected chi connectivity index (χ1v) is 4.25. The van der Waals surface area contributed by atoms with Gasteiger partial charge in [0.1, 0.15) is 0 Å². The Kier molecular flexibility index (Phi) is 3.19. The van der Waals surface area contributed by atoms with Gasteiger partial charge < -0.3 is 0 Å². The summed E-state index contributed by atoms with van der Waals surface area (Å²) < 4.78 is 36.9. The summed E-state index contributed by atoms with van der Waals surface area (Å²) in [4.78, 5) is 10.5. The summed E-state index contributed by atoms with van der Waals surface area (Å²) in [5.41, 5.74) is -1.42. The highest BCUT2D eigenvalue weighted by molar-refractivity contribution is 6.30. The lowest BCUT2D eigenvalue weighted by Crippen LogP contribution is -2.11. The maximum absolute atomic E-state index is 12.3. The molecule has 0 amide bonds. The average molecular weight is 235 g/mol. The van der Waals surface area contributed by atoms with Crippen LogP contribution in [0.2, 0.25) is 5.02 Å². The normalized spacial score (nSPS) is 11.2. The lowest BCUT2D eigenvalue weighted by Gasteiger charge is -2.11. The number of halogens is 4. The fraction of sp³-hybridized carbons (Fsp3) is 0.100. The van der Waals surface area contributed by atoms with Crippen LogP contribution >= 0.6 is 11.6 Å². The first kappa shape index (κ1) is 11.8. The maximum atomic E-state index is 12.3. The van der Waals surface area contributed by atoms with Crippen molar-refractivity contribution in [3.05, 3.63) is 40.9 Å². The Morgan fingerprint density at radius 2 is 2.00 bits per heavy atom. The van der Waals surface area contributed by atoms with Gasteiger partial charge in [0, 0.05) is 10.6 Å². The van der Waals surface area contributed by atoms with Crippen LogP contribution in [0.5, 0.6) is 0 Å². The third-order valence-corrected chi connectivity index (χ3v) is 2.04. The molecule has 0 radical (unpaired) electrons. The first-order chi connectivity index (χ1) is 6.86. The summed E-state index contributed by atoms with van der Waals surface area (Å²) in [5.74, 6) is 0. The van der Waals surface area contributed by atoms with E-state index in [9.17, 15) is 18.0 Å². The number of allylic oxidation sites excluding steroid dienone is 1. The van der Waals surface area contributed by atoms with Gasteiger partial charge in [-0.1, -0.05) is 24.2 Å². The highest BCUT2D eigenvalue weighted by Gasteiger charge is 2.33. The molecule has 80 valence electrons. The van der Waals surface area contributed by atoms with Gasteiger partial charge in [0.15, 0.2) is 6.29 Å². The van der Waals surface area contributed by atoms with E-state index in [0.29, 0.717) is 6.29 Å². The Hall–Kier alpha value is -1.29. The summed E-state index contributed by atoms with van der Waals surface area (Å²) in [6, 6.07) is 3.57. The van der Waals surface area contributed by atoms with Gasteiger partial charge in [-0.15, -0.1) is 0 Å². The van der Waals surface area contributed by atoms with Gasteiger partial charge in [0.25, 0.3) is 0 Å². The fourth-order valence-corrected chi connectivity index (χ4v) is 1.24. The number of alkyl halides is 3. The number of hydrogen-bond donors (Lipinski definition) is 0. The molecule has 0 aliphatic heterocycles. The van der Waals surface area contributed by atoms with Crippen molar-refractivity contribution in [3.8, 4) is 0 Å². The van der Waals surface area contributed by atoms with Crippen LogP contribution in [0.25, 0.3) is 5.57 Å². The Morgan fingerprint density at radius 1 is 1.40 bits per heavy atom. The molecule has 0 fully saturated rings. The number of aldehydes is 1. The summed E-state index contributed by atoms with van der Waals surface area (Å²) in [6.45, 7) is 2.91. The van der Waals surface area contributed by atoms with E-state index >= 15 is 0 Å². The van der Waals surface area contributed by atoms with Crippen molar-refractivity contribution < 1.29 is 18.0 Å². The molecular formula is C10H6ClF3O. The number of carbonyl (C=O) groups is 1. The topological polar surface area (TPSA) is 17.1 Å². The highest BCUT2D eigenvalue weighted by Crippen LogP contribution is 2.34. The predicted octanol–water partition coefficient (Wildman–Crippen LogP) is 3.73. The van der Waals surface area contributed by atoms with Crippen LogP contribution in [0.3, 0.4) is 0 Å². The summed E-state index contributed by atoms with van der Waals surface area (Å²) in [6.07, 6.45) is -4.23.